The summed E-state index contributed by atoms with van der Waals surface area (Å²) < 4.78 is 0. The fourth-order valence-corrected chi connectivity index (χ4v) is 2.80. The Hall–Kier alpha value is -0.550. The van der Waals surface area contributed by atoms with Crippen LogP contribution in [0, 0.1) is 17.2 Å². The van der Waals surface area contributed by atoms with Gasteiger partial charge in [-0.05, 0) is 44.6 Å². The van der Waals surface area contributed by atoms with E-state index in [9.17, 15) is 0 Å². The Balaban J connectivity index is 2.13. The Morgan fingerprint density at radius 2 is 2.00 bits per heavy atom. The van der Waals surface area contributed by atoms with Crippen molar-refractivity contribution in [3.63, 3.8) is 0 Å². The van der Waals surface area contributed by atoms with Crippen LogP contribution in [0.15, 0.2) is 0 Å². The second-order valence-corrected chi connectivity index (χ2v) is 4.98. The first-order valence-electron chi connectivity index (χ1n) is 6.98. The zero-order valence-corrected chi connectivity index (χ0v) is 10.7. The molecule has 2 heteroatoms. The van der Waals surface area contributed by atoms with E-state index >= 15 is 0 Å². The van der Waals surface area contributed by atoms with E-state index in [1.807, 2.05) is 0 Å². The standard InChI is InChI=1S/C14H26N2/c1-2-14(13-9-5-3-6-10-13)16-12-8-4-7-11-15/h13-14,16H,2-10,12H2,1H3. The third-order valence-electron chi connectivity index (χ3n) is 3.78. The quantitative estimate of drug-likeness (QED) is 0.668. The maximum absolute atomic E-state index is 8.45. The van der Waals surface area contributed by atoms with Gasteiger partial charge in [0, 0.05) is 12.5 Å². The molecule has 0 bridgehead atoms. The van der Waals surface area contributed by atoms with Gasteiger partial charge in [-0.3, -0.25) is 0 Å². The van der Waals surface area contributed by atoms with Crippen LogP contribution in [0.5, 0.6) is 0 Å². The molecule has 1 saturated carbocycles. The molecule has 0 amide bonds. The van der Waals surface area contributed by atoms with Gasteiger partial charge < -0.3 is 5.32 Å². The monoisotopic (exact) mass is 222 g/mol. The molecule has 0 aromatic heterocycles. The van der Waals surface area contributed by atoms with E-state index in [0.717, 1.165) is 31.3 Å². The summed E-state index contributed by atoms with van der Waals surface area (Å²) in [5.41, 5.74) is 0. The highest BCUT2D eigenvalue weighted by molar-refractivity contribution is 4.78. The maximum Gasteiger partial charge on any atom is 0.0621 e. The van der Waals surface area contributed by atoms with Gasteiger partial charge in [0.25, 0.3) is 0 Å². The Morgan fingerprint density at radius 3 is 2.62 bits per heavy atom. The van der Waals surface area contributed by atoms with Gasteiger partial charge in [0.2, 0.25) is 0 Å². The molecule has 0 saturated heterocycles. The summed E-state index contributed by atoms with van der Waals surface area (Å²) in [6.07, 6.45) is 11.3. The first kappa shape index (κ1) is 13.5. The second kappa shape index (κ2) is 8.58. The second-order valence-electron chi connectivity index (χ2n) is 4.98. The highest BCUT2D eigenvalue weighted by Gasteiger charge is 2.21. The lowest BCUT2D eigenvalue weighted by Gasteiger charge is -2.30. The predicted molar refractivity (Wildman–Crippen MR) is 68.1 cm³/mol. The van der Waals surface area contributed by atoms with Crippen molar-refractivity contribution in [1.82, 2.24) is 5.32 Å². The lowest BCUT2D eigenvalue weighted by atomic mass is 9.83. The molecule has 1 aliphatic rings. The van der Waals surface area contributed by atoms with E-state index in [1.54, 1.807) is 0 Å². The molecule has 1 N–H and O–H groups in total. The summed E-state index contributed by atoms with van der Waals surface area (Å²) in [5, 5.41) is 12.1. The molecule has 0 spiro atoms. The summed E-state index contributed by atoms with van der Waals surface area (Å²) >= 11 is 0. The van der Waals surface area contributed by atoms with Crippen molar-refractivity contribution in [3.05, 3.63) is 0 Å². The van der Waals surface area contributed by atoms with Crippen molar-refractivity contribution in [3.8, 4) is 6.07 Å². The van der Waals surface area contributed by atoms with E-state index in [2.05, 4.69) is 18.3 Å². The molecular weight excluding hydrogens is 196 g/mol. The summed E-state index contributed by atoms with van der Waals surface area (Å²) in [7, 11) is 0. The van der Waals surface area contributed by atoms with Crippen LogP contribution in [0.4, 0.5) is 0 Å². The fraction of sp³-hybridized carbons (Fsp3) is 0.929. The Morgan fingerprint density at radius 1 is 1.25 bits per heavy atom. The number of hydrogen-bond acceptors (Lipinski definition) is 2. The van der Waals surface area contributed by atoms with Crippen LogP contribution >= 0.6 is 0 Å². The largest absolute Gasteiger partial charge is 0.314 e. The normalized spacial score (nSPS) is 19.2. The van der Waals surface area contributed by atoms with Gasteiger partial charge in [-0.25, -0.2) is 0 Å². The van der Waals surface area contributed by atoms with Crippen molar-refractivity contribution in [2.45, 2.75) is 70.8 Å². The third kappa shape index (κ3) is 4.99. The number of nitrogens with one attached hydrogen (secondary N) is 1. The van der Waals surface area contributed by atoms with Crippen LogP contribution in [0.25, 0.3) is 0 Å². The number of nitriles is 1. The minimum atomic E-state index is 0.710. The van der Waals surface area contributed by atoms with Gasteiger partial charge >= 0.3 is 0 Å². The molecule has 1 aliphatic carbocycles. The van der Waals surface area contributed by atoms with Gasteiger partial charge in [-0.2, -0.15) is 5.26 Å². The molecule has 92 valence electrons. The molecule has 0 aromatic carbocycles. The van der Waals surface area contributed by atoms with Gasteiger partial charge in [0.05, 0.1) is 6.07 Å². The van der Waals surface area contributed by atoms with Crippen LogP contribution in [0.1, 0.15) is 64.7 Å². The summed E-state index contributed by atoms with van der Waals surface area (Å²) in [6.45, 7) is 3.39. The molecule has 0 radical (unpaired) electrons. The minimum Gasteiger partial charge on any atom is -0.314 e. The highest BCUT2D eigenvalue weighted by atomic mass is 14.9. The summed E-state index contributed by atoms with van der Waals surface area (Å²) in [5.74, 6) is 0.912. The topological polar surface area (TPSA) is 35.8 Å². The average Bonchev–Trinajstić information content (AvgIpc) is 2.35. The zero-order chi connectivity index (χ0) is 11.6. The average molecular weight is 222 g/mol. The molecule has 0 aromatic rings. The first-order valence-corrected chi connectivity index (χ1v) is 6.98. The van der Waals surface area contributed by atoms with Crippen molar-refractivity contribution >= 4 is 0 Å². The Kier molecular flexibility index (Phi) is 7.25. The van der Waals surface area contributed by atoms with E-state index in [4.69, 9.17) is 5.26 Å². The molecule has 1 rings (SSSR count). The Bertz CT molecular complexity index is 201. The Labute approximate surface area is 100 Å². The SMILES string of the molecule is CCC(NCCCCC#N)C1CCCCC1. The third-order valence-corrected chi connectivity index (χ3v) is 3.78. The number of nitrogens with zero attached hydrogens (tertiary/aromatic N) is 1. The lowest BCUT2D eigenvalue weighted by Crippen LogP contribution is -2.37. The minimum absolute atomic E-state index is 0.710. The zero-order valence-electron chi connectivity index (χ0n) is 10.7. The molecule has 0 heterocycles. The smallest absolute Gasteiger partial charge is 0.0621 e. The van der Waals surface area contributed by atoms with E-state index in [-0.39, 0.29) is 0 Å². The van der Waals surface area contributed by atoms with Gasteiger partial charge in [0.15, 0.2) is 0 Å². The lowest BCUT2D eigenvalue weighted by molar-refractivity contribution is 0.262. The van der Waals surface area contributed by atoms with Crippen LogP contribution in [0.3, 0.4) is 0 Å². The first-order chi connectivity index (χ1) is 7.88. The van der Waals surface area contributed by atoms with Gasteiger partial charge in [-0.15, -0.1) is 0 Å². The van der Waals surface area contributed by atoms with E-state index in [1.165, 1.54) is 38.5 Å². The highest BCUT2D eigenvalue weighted by Crippen LogP contribution is 2.27. The summed E-state index contributed by atoms with van der Waals surface area (Å²) in [4.78, 5) is 0. The summed E-state index contributed by atoms with van der Waals surface area (Å²) in [6, 6.07) is 2.93. The van der Waals surface area contributed by atoms with Crippen molar-refractivity contribution in [2.24, 2.45) is 5.92 Å². The molecular formula is C14H26N2. The molecule has 16 heavy (non-hydrogen) atoms. The molecule has 1 fully saturated rings. The number of hydrogen-bond donors (Lipinski definition) is 1. The van der Waals surface area contributed by atoms with Crippen LogP contribution < -0.4 is 5.32 Å². The molecule has 1 atom stereocenters. The predicted octanol–water partition coefficient (Wildman–Crippen LogP) is 3.63. The number of unbranched alkanes of at least 4 members (excludes halogenated alkanes) is 2. The van der Waals surface area contributed by atoms with Crippen LogP contribution in [-0.4, -0.2) is 12.6 Å². The fourth-order valence-electron chi connectivity index (χ4n) is 2.80. The van der Waals surface area contributed by atoms with Crippen molar-refractivity contribution < 1.29 is 0 Å². The molecule has 0 aliphatic heterocycles. The van der Waals surface area contributed by atoms with Crippen molar-refractivity contribution in [1.29, 1.82) is 5.26 Å². The van der Waals surface area contributed by atoms with E-state index < -0.39 is 0 Å². The van der Waals surface area contributed by atoms with E-state index in [0.29, 0.717) is 6.42 Å². The number of rotatable bonds is 7. The van der Waals surface area contributed by atoms with Gasteiger partial charge in [-0.1, -0.05) is 26.2 Å². The van der Waals surface area contributed by atoms with Crippen LogP contribution in [0.2, 0.25) is 0 Å². The molecule has 2 nitrogen and oxygen atoms in total. The van der Waals surface area contributed by atoms with Gasteiger partial charge in [0.1, 0.15) is 0 Å². The van der Waals surface area contributed by atoms with Crippen molar-refractivity contribution in [2.75, 3.05) is 6.54 Å². The van der Waals surface area contributed by atoms with Crippen LogP contribution in [-0.2, 0) is 0 Å². The molecule has 1 unspecified atom stereocenters. The maximum atomic E-state index is 8.45.